The number of carbonyl (C=O) groups is 1. The van der Waals surface area contributed by atoms with E-state index in [0.29, 0.717) is 6.17 Å². The minimum absolute atomic E-state index is 0.118. The van der Waals surface area contributed by atoms with Crippen LogP contribution in [0.15, 0.2) is 18.2 Å². The average molecular weight is 275 g/mol. The number of benzene rings is 1. The van der Waals surface area contributed by atoms with Crippen LogP contribution >= 0.6 is 0 Å². The molecule has 0 spiro atoms. The van der Waals surface area contributed by atoms with Crippen molar-refractivity contribution in [3.8, 4) is 0 Å². The molecule has 1 N–H and O–H groups in total. The van der Waals surface area contributed by atoms with Crippen molar-refractivity contribution in [1.29, 1.82) is 0 Å². The zero-order valence-corrected chi connectivity index (χ0v) is 12.4. The van der Waals surface area contributed by atoms with Crippen molar-refractivity contribution < 1.29 is 9.53 Å². The summed E-state index contributed by atoms with van der Waals surface area (Å²) >= 11 is 0. The average Bonchev–Trinajstić information content (AvgIpc) is 2.85. The van der Waals surface area contributed by atoms with E-state index in [1.165, 1.54) is 18.4 Å². The lowest BCUT2D eigenvalue weighted by Gasteiger charge is -2.32. The Morgan fingerprint density at radius 2 is 2.20 bits per heavy atom. The number of carbonyl (C=O) groups excluding carboxylic acids is 1. The Hall–Kier alpha value is -1.75. The molecule has 3 rings (SSSR count). The lowest BCUT2D eigenvalue weighted by atomic mass is 9.81. The van der Waals surface area contributed by atoms with E-state index in [4.69, 9.17) is 0 Å². The van der Waals surface area contributed by atoms with Crippen LogP contribution in [0.2, 0.25) is 0 Å². The molecule has 2 atom stereocenters. The zero-order valence-electron chi connectivity index (χ0n) is 12.4. The smallest absolute Gasteiger partial charge is 0.411 e. The quantitative estimate of drug-likeness (QED) is 0.853. The summed E-state index contributed by atoms with van der Waals surface area (Å²) in [7, 11) is 5.69. The number of rotatable bonds is 1. The maximum absolute atomic E-state index is 11.4. The van der Waals surface area contributed by atoms with E-state index in [1.807, 2.05) is 6.07 Å². The van der Waals surface area contributed by atoms with E-state index in [-0.39, 0.29) is 5.41 Å². The molecular weight excluding hydrogens is 254 g/mol. The molecule has 1 saturated heterocycles. The molecule has 5 nitrogen and oxygen atoms in total. The third-order valence-corrected chi connectivity index (χ3v) is 4.76. The second kappa shape index (κ2) is 4.38. The minimum Gasteiger partial charge on any atom is -0.453 e. The van der Waals surface area contributed by atoms with Gasteiger partial charge in [-0.05, 0) is 37.2 Å². The lowest BCUT2D eigenvalue weighted by molar-refractivity contribution is 0.187. The molecule has 1 fully saturated rings. The lowest BCUT2D eigenvalue weighted by Crippen LogP contribution is -2.45. The molecule has 1 aromatic rings. The van der Waals surface area contributed by atoms with Gasteiger partial charge in [0.2, 0.25) is 0 Å². The van der Waals surface area contributed by atoms with E-state index >= 15 is 0 Å². The Kier molecular flexibility index (Phi) is 2.90. The van der Waals surface area contributed by atoms with E-state index in [9.17, 15) is 4.79 Å². The Labute approximate surface area is 119 Å². The van der Waals surface area contributed by atoms with Crippen LogP contribution in [0, 0.1) is 0 Å². The van der Waals surface area contributed by atoms with Crippen LogP contribution in [0.5, 0.6) is 0 Å². The normalized spacial score (nSPS) is 28.2. The summed E-state index contributed by atoms with van der Waals surface area (Å²) in [6, 6.07) is 6.09. The third kappa shape index (κ3) is 1.69. The van der Waals surface area contributed by atoms with Gasteiger partial charge in [-0.15, -0.1) is 0 Å². The van der Waals surface area contributed by atoms with E-state index < -0.39 is 6.09 Å². The number of nitrogens with one attached hydrogen (secondary N) is 1. The number of likely N-dealkylation sites (N-methyl/N-ethyl adjacent to an activating group) is 2. The second-order valence-corrected chi connectivity index (χ2v) is 5.98. The number of hydrogen-bond donors (Lipinski definition) is 1. The summed E-state index contributed by atoms with van der Waals surface area (Å²) < 4.78 is 4.65. The standard InChI is InChI=1S/C15H21N3O2/c1-15-7-8-17(2)13(15)18(3)12-6-5-10(9-11(12)15)16-14(19)20-4/h5-6,9,13H,7-8H2,1-4H3,(H,16,19). The molecule has 0 radical (unpaired) electrons. The van der Waals surface area contributed by atoms with E-state index in [0.717, 1.165) is 18.7 Å². The summed E-state index contributed by atoms with van der Waals surface area (Å²) in [5.74, 6) is 0. The summed E-state index contributed by atoms with van der Waals surface area (Å²) in [6.45, 7) is 3.41. The SMILES string of the molecule is COC(=O)Nc1ccc2c(c1)C1(C)CCN(C)C1N2C. The van der Waals surface area contributed by atoms with Gasteiger partial charge < -0.3 is 9.64 Å². The number of anilines is 2. The topological polar surface area (TPSA) is 44.8 Å². The summed E-state index contributed by atoms with van der Waals surface area (Å²) in [5, 5.41) is 2.75. The molecule has 20 heavy (non-hydrogen) atoms. The molecule has 0 bridgehead atoms. The van der Waals surface area contributed by atoms with Crippen molar-refractivity contribution in [2.45, 2.75) is 24.9 Å². The van der Waals surface area contributed by atoms with Gasteiger partial charge >= 0.3 is 6.09 Å². The molecule has 1 amide bonds. The van der Waals surface area contributed by atoms with Crippen molar-refractivity contribution in [2.75, 3.05) is 38.0 Å². The number of ether oxygens (including phenoxy) is 1. The Bertz CT molecular complexity index is 560. The van der Waals surface area contributed by atoms with Crippen molar-refractivity contribution in [1.82, 2.24) is 4.90 Å². The molecule has 2 heterocycles. The van der Waals surface area contributed by atoms with Gasteiger partial charge in [-0.1, -0.05) is 6.92 Å². The van der Waals surface area contributed by atoms with Crippen LogP contribution in [0.4, 0.5) is 16.2 Å². The van der Waals surface area contributed by atoms with Crippen LogP contribution in [-0.2, 0) is 10.2 Å². The van der Waals surface area contributed by atoms with E-state index in [1.54, 1.807) is 0 Å². The van der Waals surface area contributed by atoms with Gasteiger partial charge in [0.25, 0.3) is 0 Å². The van der Waals surface area contributed by atoms with Gasteiger partial charge in [-0.2, -0.15) is 0 Å². The molecule has 2 unspecified atom stereocenters. The molecule has 1 aromatic carbocycles. The van der Waals surface area contributed by atoms with E-state index in [2.05, 4.69) is 53.0 Å². The maximum atomic E-state index is 11.4. The molecule has 0 aromatic heterocycles. The highest BCUT2D eigenvalue weighted by molar-refractivity contribution is 5.85. The molecule has 108 valence electrons. The highest BCUT2D eigenvalue weighted by Crippen LogP contribution is 2.51. The maximum Gasteiger partial charge on any atom is 0.411 e. The minimum atomic E-state index is -0.429. The molecule has 0 aliphatic carbocycles. The highest BCUT2D eigenvalue weighted by atomic mass is 16.5. The molecule has 2 aliphatic rings. The number of nitrogens with zero attached hydrogens (tertiary/aromatic N) is 2. The first kappa shape index (κ1) is 13.2. The molecule has 5 heteroatoms. The van der Waals surface area contributed by atoms with Gasteiger partial charge in [0, 0.05) is 30.4 Å². The largest absolute Gasteiger partial charge is 0.453 e. The summed E-state index contributed by atoms with van der Waals surface area (Å²) in [5.41, 5.74) is 3.47. The number of methoxy groups -OCH3 is 1. The van der Waals surface area contributed by atoms with Crippen molar-refractivity contribution in [2.24, 2.45) is 0 Å². The Morgan fingerprint density at radius 1 is 1.45 bits per heavy atom. The monoisotopic (exact) mass is 275 g/mol. The second-order valence-electron chi connectivity index (χ2n) is 5.98. The van der Waals surface area contributed by atoms with Gasteiger partial charge in [-0.3, -0.25) is 10.2 Å². The van der Waals surface area contributed by atoms with Crippen molar-refractivity contribution >= 4 is 17.5 Å². The van der Waals surface area contributed by atoms with Crippen LogP contribution in [0.25, 0.3) is 0 Å². The highest BCUT2D eigenvalue weighted by Gasteiger charge is 2.52. The van der Waals surface area contributed by atoms with Crippen LogP contribution < -0.4 is 10.2 Å². The number of likely N-dealkylation sites (tertiary alicyclic amines) is 1. The predicted molar refractivity (Wildman–Crippen MR) is 79.3 cm³/mol. The summed E-state index contributed by atoms with van der Waals surface area (Å²) in [6.07, 6.45) is 1.10. The fourth-order valence-corrected chi connectivity index (χ4v) is 3.82. The summed E-state index contributed by atoms with van der Waals surface area (Å²) in [4.78, 5) is 16.1. The van der Waals surface area contributed by atoms with Gasteiger partial charge in [-0.25, -0.2) is 4.79 Å². The fraction of sp³-hybridized carbons (Fsp3) is 0.533. The Balaban J connectivity index is 2.00. The first-order valence-electron chi connectivity index (χ1n) is 6.90. The Morgan fingerprint density at radius 3 is 2.90 bits per heavy atom. The fourth-order valence-electron chi connectivity index (χ4n) is 3.82. The van der Waals surface area contributed by atoms with Crippen LogP contribution in [0.3, 0.4) is 0 Å². The first-order chi connectivity index (χ1) is 9.47. The van der Waals surface area contributed by atoms with Gasteiger partial charge in [0.1, 0.15) is 0 Å². The van der Waals surface area contributed by atoms with Gasteiger partial charge in [0.15, 0.2) is 0 Å². The third-order valence-electron chi connectivity index (χ3n) is 4.76. The zero-order chi connectivity index (χ0) is 14.5. The molecule has 0 saturated carbocycles. The van der Waals surface area contributed by atoms with Crippen molar-refractivity contribution in [3.63, 3.8) is 0 Å². The first-order valence-corrected chi connectivity index (χ1v) is 6.90. The number of amides is 1. The van der Waals surface area contributed by atoms with Gasteiger partial charge in [0.05, 0.1) is 13.3 Å². The van der Waals surface area contributed by atoms with Crippen molar-refractivity contribution in [3.05, 3.63) is 23.8 Å². The predicted octanol–water partition coefficient (Wildman–Crippen LogP) is 2.23. The number of hydrogen-bond acceptors (Lipinski definition) is 4. The number of fused-ring (bicyclic) bond motifs is 3. The molecule has 2 aliphatic heterocycles. The van der Waals surface area contributed by atoms with Crippen LogP contribution in [0.1, 0.15) is 18.9 Å². The molecular formula is C15H21N3O2. The van der Waals surface area contributed by atoms with Crippen LogP contribution in [-0.4, -0.2) is 44.9 Å².